The van der Waals surface area contributed by atoms with Crippen molar-refractivity contribution in [2.75, 3.05) is 7.11 Å². The normalized spacial score (nSPS) is 10.6. The number of rotatable bonds is 3. The molecule has 0 saturated heterocycles. The summed E-state index contributed by atoms with van der Waals surface area (Å²) < 4.78 is 9.22. The number of aryl methyl sites for hydroxylation is 2. The fourth-order valence-electron chi connectivity index (χ4n) is 2.34. The van der Waals surface area contributed by atoms with Gasteiger partial charge in [-0.2, -0.15) is 0 Å². The minimum Gasteiger partial charge on any atom is -0.497 e. The highest BCUT2D eigenvalue weighted by atomic mass is 16.5. The van der Waals surface area contributed by atoms with E-state index >= 15 is 0 Å². The molecule has 3 rings (SSSR count). The van der Waals surface area contributed by atoms with Crippen molar-refractivity contribution in [3.05, 3.63) is 42.9 Å². The number of hydrogen-bond donors (Lipinski definition) is 0. The van der Waals surface area contributed by atoms with Crippen LogP contribution in [0.1, 0.15) is 0 Å². The summed E-state index contributed by atoms with van der Waals surface area (Å²) in [7, 11) is 5.62. The Hall–Kier alpha value is -2.76. The summed E-state index contributed by atoms with van der Waals surface area (Å²) in [5, 5.41) is 11.9. The first-order valence-electron chi connectivity index (χ1n) is 6.55. The summed E-state index contributed by atoms with van der Waals surface area (Å²) in [6.07, 6.45) is 5.70. The number of aromatic nitrogens is 5. The zero-order chi connectivity index (χ0) is 14.8. The van der Waals surface area contributed by atoms with Crippen LogP contribution in [0.2, 0.25) is 0 Å². The largest absolute Gasteiger partial charge is 0.497 e. The van der Waals surface area contributed by atoms with E-state index in [9.17, 15) is 0 Å². The van der Waals surface area contributed by atoms with Crippen LogP contribution < -0.4 is 9.30 Å². The Balaban J connectivity index is 2.16. The Bertz CT molecular complexity index is 744. The maximum absolute atomic E-state index is 5.19. The van der Waals surface area contributed by atoms with E-state index in [2.05, 4.69) is 15.4 Å². The van der Waals surface area contributed by atoms with Crippen LogP contribution in [0.4, 0.5) is 0 Å². The molecule has 0 radical (unpaired) electrons. The summed E-state index contributed by atoms with van der Waals surface area (Å²) in [6, 6.07) is 7.82. The third kappa shape index (κ3) is 2.35. The fourth-order valence-corrected chi connectivity index (χ4v) is 2.34. The molecule has 2 heterocycles. The molecular weight excluding hydrogens is 266 g/mol. The van der Waals surface area contributed by atoms with Crippen LogP contribution in [0.15, 0.2) is 42.9 Å². The quantitative estimate of drug-likeness (QED) is 0.681. The number of imidazole rings is 1. The van der Waals surface area contributed by atoms with E-state index in [1.807, 2.05) is 59.9 Å². The Kier molecular flexibility index (Phi) is 3.35. The van der Waals surface area contributed by atoms with Crippen LogP contribution in [-0.4, -0.2) is 27.1 Å². The first-order chi connectivity index (χ1) is 10.2. The zero-order valence-corrected chi connectivity index (χ0v) is 12.2. The minimum atomic E-state index is 0.796. The predicted octanol–water partition coefficient (Wildman–Crippen LogP) is 1.38. The molecule has 6 heteroatoms. The molecule has 1 aromatic carbocycles. The Morgan fingerprint density at radius 1 is 1.19 bits per heavy atom. The number of ether oxygens (including phenoxy) is 1. The van der Waals surface area contributed by atoms with Crippen molar-refractivity contribution in [2.24, 2.45) is 14.1 Å². The van der Waals surface area contributed by atoms with Crippen LogP contribution in [0.25, 0.3) is 22.6 Å². The van der Waals surface area contributed by atoms with Crippen molar-refractivity contribution >= 4 is 0 Å². The number of hydrogen-bond acceptors (Lipinski definition) is 4. The lowest BCUT2D eigenvalue weighted by atomic mass is 10.1. The summed E-state index contributed by atoms with van der Waals surface area (Å²) in [5.74, 6) is 1.79. The van der Waals surface area contributed by atoms with E-state index in [0.29, 0.717) is 0 Å². The van der Waals surface area contributed by atoms with Crippen molar-refractivity contribution in [3.63, 3.8) is 0 Å². The molecular formula is C15H16N5O+. The highest BCUT2D eigenvalue weighted by Gasteiger charge is 2.21. The van der Waals surface area contributed by atoms with E-state index in [0.717, 1.165) is 28.4 Å². The Morgan fingerprint density at radius 2 is 1.95 bits per heavy atom. The van der Waals surface area contributed by atoms with Gasteiger partial charge in [0.1, 0.15) is 18.1 Å². The highest BCUT2D eigenvalue weighted by molar-refractivity contribution is 5.76. The molecule has 3 aromatic rings. The SMILES string of the molecule is COc1ccc(-c2cnnnc2-c2n(C)cc[n+]2C)cc1. The van der Waals surface area contributed by atoms with Gasteiger partial charge in [-0.1, -0.05) is 12.1 Å². The van der Waals surface area contributed by atoms with Crippen molar-refractivity contribution in [1.29, 1.82) is 0 Å². The molecule has 0 aliphatic rings. The predicted molar refractivity (Wildman–Crippen MR) is 77.4 cm³/mol. The van der Waals surface area contributed by atoms with Gasteiger partial charge >= 0.3 is 5.82 Å². The van der Waals surface area contributed by atoms with Gasteiger partial charge in [0.2, 0.25) is 0 Å². The second kappa shape index (κ2) is 5.32. The average Bonchev–Trinajstić information content (AvgIpc) is 2.86. The van der Waals surface area contributed by atoms with Crippen molar-refractivity contribution in [1.82, 2.24) is 20.0 Å². The van der Waals surface area contributed by atoms with Crippen LogP contribution in [0.5, 0.6) is 5.75 Å². The molecule has 6 nitrogen and oxygen atoms in total. The van der Waals surface area contributed by atoms with Gasteiger partial charge in [-0.25, -0.2) is 9.13 Å². The maximum atomic E-state index is 5.19. The number of methoxy groups -OCH3 is 1. The molecule has 21 heavy (non-hydrogen) atoms. The van der Waals surface area contributed by atoms with E-state index in [4.69, 9.17) is 4.74 Å². The first kappa shape index (κ1) is 13.2. The van der Waals surface area contributed by atoms with Crippen LogP contribution >= 0.6 is 0 Å². The second-order valence-corrected chi connectivity index (χ2v) is 4.77. The third-order valence-corrected chi connectivity index (χ3v) is 3.43. The molecule has 0 amide bonds. The van der Waals surface area contributed by atoms with Gasteiger partial charge < -0.3 is 4.74 Å². The second-order valence-electron chi connectivity index (χ2n) is 4.77. The van der Waals surface area contributed by atoms with Gasteiger partial charge in [-0.15, -0.1) is 10.2 Å². The monoisotopic (exact) mass is 282 g/mol. The zero-order valence-electron chi connectivity index (χ0n) is 12.2. The minimum absolute atomic E-state index is 0.796. The lowest BCUT2D eigenvalue weighted by molar-refractivity contribution is -0.659. The van der Waals surface area contributed by atoms with Crippen molar-refractivity contribution in [3.8, 4) is 28.4 Å². The molecule has 106 valence electrons. The lowest BCUT2D eigenvalue weighted by Crippen LogP contribution is -2.29. The molecule has 0 atom stereocenters. The molecule has 0 N–H and O–H groups in total. The van der Waals surface area contributed by atoms with Crippen molar-refractivity contribution in [2.45, 2.75) is 0 Å². The molecule has 0 unspecified atom stereocenters. The summed E-state index contributed by atoms with van der Waals surface area (Å²) in [5.41, 5.74) is 2.75. The summed E-state index contributed by atoms with van der Waals surface area (Å²) in [6.45, 7) is 0. The third-order valence-electron chi connectivity index (χ3n) is 3.43. The lowest BCUT2D eigenvalue weighted by Gasteiger charge is -2.06. The number of benzene rings is 1. The Labute approximate surface area is 122 Å². The van der Waals surface area contributed by atoms with E-state index in [1.54, 1.807) is 13.3 Å². The van der Waals surface area contributed by atoms with Crippen LogP contribution in [-0.2, 0) is 14.1 Å². The van der Waals surface area contributed by atoms with Gasteiger partial charge in [0.05, 0.1) is 27.4 Å². The molecule has 0 saturated carbocycles. The van der Waals surface area contributed by atoms with E-state index in [1.165, 1.54) is 0 Å². The van der Waals surface area contributed by atoms with Crippen LogP contribution in [0, 0.1) is 0 Å². The molecule has 2 aromatic heterocycles. The van der Waals surface area contributed by atoms with Gasteiger partial charge in [0.15, 0.2) is 5.69 Å². The first-order valence-corrected chi connectivity index (χ1v) is 6.55. The smallest absolute Gasteiger partial charge is 0.310 e. The number of nitrogens with zero attached hydrogens (tertiary/aromatic N) is 5. The molecule has 0 fully saturated rings. The van der Waals surface area contributed by atoms with Crippen LogP contribution in [0.3, 0.4) is 0 Å². The molecule has 0 aliphatic heterocycles. The summed E-state index contributed by atoms with van der Waals surface area (Å²) >= 11 is 0. The van der Waals surface area contributed by atoms with E-state index < -0.39 is 0 Å². The topological polar surface area (TPSA) is 56.7 Å². The van der Waals surface area contributed by atoms with Gasteiger partial charge in [0, 0.05) is 5.56 Å². The fraction of sp³-hybridized carbons (Fsp3) is 0.200. The standard InChI is InChI=1S/C15H16N5O/c1-19-8-9-20(2)15(19)14-13(10-16-18-17-14)11-4-6-12(21-3)7-5-11/h4-10H,1-3H3/q+1. The maximum Gasteiger partial charge on any atom is 0.310 e. The Morgan fingerprint density at radius 3 is 2.57 bits per heavy atom. The van der Waals surface area contributed by atoms with Gasteiger partial charge in [-0.05, 0) is 22.9 Å². The molecule has 0 aliphatic carbocycles. The van der Waals surface area contributed by atoms with Crippen molar-refractivity contribution < 1.29 is 9.30 Å². The van der Waals surface area contributed by atoms with Gasteiger partial charge in [0.25, 0.3) is 0 Å². The van der Waals surface area contributed by atoms with E-state index in [-0.39, 0.29) is 0 Å². The molecule has 0 bridgehead atoms. The summed E-state index contributed by atoms with van der Waals surface area (Å²) in [4.78, 5) is 0. The average molecular weight is 282 g/mol. The van der Waals surface area contributed by atoms with Gasteiger partial charge in [-0.3, -0.25) is 0 Å². The molecule has 0 spiro atoms. The highest BCUT2D eigenvalue weighted by Crippen LogP contribution is 2.28.